The second kappa shape index (κ2) is 9.46. The highest BCUT2D eigenvalue weighted by atomic mass is 35.5. The van der Waals surface area contributed by atoms with Crippen LogP contribution in [0.25, 0.3) is 0 Å². The van der Waals surface area contributed by atoms with E-state index in [4.69, 9.17) is 11.6 Å². The summed E-state index contributed by atoms with van der Waals surface area (Å²) in [7, 11) is 0. The van der Waals surface area contributed by atoms with Crippen molar-refractivity contribution in [3.8, 4) is 0 Å². The molecule has 0 unspecified atom stereocenters. The van der Waals surface area contributed by atoms with Gasteiger partial charge in [0.15, 0.2) is 0 Å². The Balaban J connectivity index is 1.63. The number of rotatable bonds is 7. The third-order valence-electron chi connectivity index (χ3n) is 4.59. The molecule has 0 radical (unpaired) electrons. The van der Waals surface area contributed by atoms with E-state index in [1.54, 1.807) is 24.3 Å². The van der Waals surface area contributed by atoms with Crippen molar-refractivity contribution in [1.29, 1.82) is 0 Å². The Labute approximate surface area is 170 Å². The summed E-state index contributed by atoms with van der Waals surface area (Å²) in [6.45, 7) is 4.54. The molecule has 3 N–H and O–H groups in total. The number of hydrogen-bond donors (Lipinski definition) is 3. The van der Waals surface area contributed by atoms with Crippen molar-refractivity contribution in [2.24, 2.45) is 0 Å². The zero-order valence-corrected chi connectivity index (χ0v) is 16.7. The number of nitrogens with one attached hydrogen (secondary N) is 3. The van der Waals surface area contributed by atoms with Gasteiger partial charge < -0.3 is 20.9 Å². The lowest BCUT2D eigenvalue weighted by atomic mass is 10.2. The quantitative estimate of drug-likeness (QED) is 0.662. The summed E-state index contributed by atoms with van der Waals surface area (Å²) >= 11 is 6.14. The van der Waals surface area contributed by atoms with Crippen LogP contribution >= 0.6 is 11.6 Å². The number of halogens is 1. The topological polar surface area (TPSA) is 73.5 Å². The van der Waals surface area contributed by atoms with Gasteiger partial charge in [0.2, 0.25) is 5.91 Å². The van der Waals surface area contributed by atoms with Crippen molar-refractivity contribution in [2.45, 2.75) is 19.8 Å². The van der Waals surface area contributed by atoms with Crippen LogP contribution in [0.2, 0.25) is 5.02 Å². The van der Waals surface area contributed by atoms with Crippen molar-refractivity contribution in [3.63, 3.8) is 0 Å². The molecule has 0 aliphatic carbocycles. The molecular weight excluding hydrogens is 376 g/mol. The van der Waals surface area contributed by atoms with Gasteiger partial charge in [0.05, 0.1) is 17.9 Å². The molecule has 28 heavy (non-hydrogen) atoms. The number of anilines is 3. The number of nitrogens with zero attached hydrogens (tertiary/aromatic N) is 1. The monoisotopic (exact) mass is 400 g/mol. The highest BCUT2D eigenvalue weighted by Gasteiger charge is 2.16. The van der Waals surface area contributed by atoms with E-state index in [1.165, 1.54) is 12.8 Å². The van der Waals surface area contributed by atoms with Crippen LogP contribution in [0.4, 0.5) is 17.1 Å². The summed E-state index contributed by atoms with van der Waals surface area (Å²) in [6, 6.07) is 12.6. The molecule has 0 aromatic heterocycles. The van der Waals surface area contributed by atoms with Gasteiger partial charge in [0.25, 0.3) is 5.91 Å². The molecule has 2 aromatic rings. The molecular formula is C21H25ClN4O2. The number of carbonyl (C=O) groups is 2. The van der Waals surface area contributed by atoms with Crippen molar-refractivity contribution < 1.29 is 9.59 Å². The van der Waals surface area contributed by atoms with Crippen molar-refractivity contribution in [1.82, 2.24) is 5.32 Å². The first-order valence-electron chi connectivity index (χ1n) is 9.53. The predicted molar refractivity (Wildman–Crippen MR) is 114 cm³/mol. The first kappa shape index (κ1) is 20.0. The van der Waals surface area contributed by atoms with Crippen LogP contribution < -0.4 is 20.9 Å². The highest BCUT2D eigenvalue weighted by Crippen LogP contribution is 2.31. The number of amides is 2. The first-order valence-corrected chi connectivity index (χ1v) is 9.91. The summed E-state index contributed by atoms with van der Waals surface area (Å²) < 4.78 is 0. The van der Waals surface area contributed by atoms with Crippen LogP contribution in [-0.2, 0) is 4.79 Å². The van der Waals surface area contributed by atoms with E-state index >= 15 is 0 Å². The van der Waals surface area contributed by atoms with Crippen LogP contribution in [0.5, 0.6) is 0 Å². The second-order valence-corrected chi connectivity index (χ2v) is 7.13. The molecule has 2 aromatic carbocycles. The van der Waals surface area contributed by atoms with Gasteiger partial charge in [-0.2, -0.15) is 0 Å². The van der Waals surface area contributed by atoms with Crippen LogP contribution in [0, 0.1) is 0 Å². The van der Waals surface area contributed by atoms with Gasteiger partial charge in [-0.25, -0.2) is 0 Å². The fourth-order valence-corrected chi connectivity index (χ4v) is 3.44. The van der Waals surface area contributed by atoms with Crippen molar-refractivity contribution in [3.05, 3.63) is 53.1 Å². The van der Waals surface area contributed by atoms with Crippen molar-refractivity contribution in [2.75, 3.05) is 41.7 Å². The molecule has 7 heteroatoms. The van der Waals surface area contributed by atoms with Crippen LogP contribution in [-0.4, -0.2) is 38.0 Å². The highest BCUT2D eigenvalue weighted by molar-refractivity contribution is 6.31. The molecule has 148 valence electrons. The smallest absolute Gasteiger partial charge is 0.251 e. The minimum absolute atomic E-state index is 0.104. The molecule has 1 fully saturated rings. The summed E-state index contributed by atoms with van der Waals surface area (Å²) in [6.07, 6.45) is 2.34. The molecule has 2 amide bonds. The van der Waals surface area contributed by atoms with E-state index < -0.39 is 0 Å². The minimum atomic E-state index is -0.194. The average Bonchev–Trinajstić information content (AvgIpc) is 3.21. The molecule has 0 bridgehead atoms. The van der Waals surface area contributed by atoms with Crippen LogP contribution in [0.1, 0.15) is 30.1 Å². The zero-order valence-electron chi connectivity index (χ0n) is 15.9. The van der Waals surface area contributed by atoms with E-state index in [2.05, 4.69) is 20.9 Å². The maximum atomic E-state index is 12.4. The summed E-state index contributed by atoms with van der Waals surface area (Å²) in [5.74, 6) is -0.355. The van der Waals surface area contributed by atoms with Gasteiger partial charge >= 0.3 is 0 Å². The standard InChI is InChI=1S/C21H25ClN4O2/c1-2-23-21(28)15-6-5-7-17(12-15)25-20(27)14-24-18-13-16(22)8-9-19(18)26-10-3-4-11-26/h5-9,12-13,24H,2-4,10-11,14H2,1H3,(H,23,28)(H,25,27). The summed E-state index contributed by atoms with van der Waals surface area (Å²) in [5, 5.41) is 9.39. The van der Waals surface area contributed by atoms with E-state index in [0.717, 1.165) is 24.5 Å². The Kier molecular flexibility index (Phi) is 6.76. The number of carbonyl (C=O) groups excluding carboxylic acids is 2. The molecule has 0 saturated carbocycles. The fourth-order valence-electron chi connectivity index (χ4n) is 3.27. The maximum absolute atomic E-state index is 12.4. The third kappa shape index (κ3) is 5.16. The van der Waals surface area contributed by atoms with Crippen molar-refractivity contribution >= 4 is 40.5 Å². The van der Waals surface area contributed by atoms with Gasteiger partial charge in [-0.1, -0.05) is 17.7 Å². The molecule has 0 atom stereocenters. The van der Waals surface area contributed by atoms with E-state index in [0.29, 0.717) is 22.8 Å². The number of hydrogen-bond acceptors (Lipinski definition) is 4. The summed E-state index contributed by atoms with van der Waals surface area (Å²) in [4.78, 5) is 26.6. The van der Waals surface area contributed by atoms with Gasteiger partial charge in [0, 0.05) is 35.9 Å². The lowest BCUT2D eigenvalue weighted by molar-refractivity contribution is -0.114. The van der Waals surface area contributed by atoms with E-state index in [-0.39, 0.29) is 18.4 Å². The Morgan fingerprint density at radius 1 is 1.11 bits per heavy atom. The van der Waals surface area contributed by atoms with E-state index in [9.17, 15) is 9.59 Å². The van der Waals surface area contributed by atoms with Crippen LogP contribution in [0.15, 0.2) is 42.5 Å². The maximum Gasteiger partial charge on any atom is 0.251 e. The van der Waals surface area contributed by atoms with Gasteiger partial charge in [-0.15, -0.1) is 0 Å². The normalized spacial score (nSPS) is 13.3. The third-order valence-corrected chi connectivity index (χ3v) is 4.83. The molecule has 1 aliphatic heterocycles. The Morgan fingerprint density at radius 3 is 2.64 bits per heavy atom. The van der Waals surface area contributed by atoms with E-state index in [1.807, 2.05) is 25.1 Å². The largest absolute Gasteiger partial charge is 0.374 e. The minimum Gasteiger partial charge on any atom is -0.374 e. The van der Waals surface area contributed by atoms with Gasteiger partial charge in [-0.05, 0) is 56.2 Å². The van der Waals surface area contributed by atoms with Gasteiger partial charge in [-0.3, -0.25) is 9.59 Å². The van der Waals surface area contributed by atoms with Crippen LogP contribution in [0.3, 0.4) is 0 Å². The average molecular weight is 401 g/mol. The first-order chi connectivity index (χ1) is 13.6. The molecule has 1 heterocycles. The molecule has 1 saturated heterocycles. The summed E-state index contributed by atoms with van der Waals surface area (Å²) in [5.41, 5.74) is 3.01. The molecule has 0 spiro atoms. The zero-order chi connectivity index (χ0) is 19.9. The predicted octanol–water partition coefficient (Wildman–Crippen LogP) is 3.74. The molecule has 1 aliphatic rings. The second-order valence-electron chi connectivity index (χ2n) is 6.70. The Bertz CT molecular complexity index is 850. The Hall–Kier alpha value is -2.73. The Morgan fingerprint density at radius 2 is 1.89 bits per heavy atom. The lowest BCUT2D eigenvalue weighted by Crippen LogP contribution is -2.25. The van der Waals surface area contributed by atoms with Gasteiger partial charge in [0.1, 0.15) is 0 Å². The molecule has 3 rings (SSSR count). The lowest BCUT2D eigenvalue weighted by Gasteiger charge is -2.22. The SMILES string of the molecule is CCNC(=O)c1cccc(NC(=O)CNc2cc(Cl)ccc2N2CCCC2)c1. The fraction of sp³-hybridized carbons (Fsp3) is 0.333. The molecule has 6 nitrogen and oxygen atoms in total. The number of benzene rings is 2.